The first-order valence-electron chi connectivity index (χ1n) is 5.19. The summed E-state index contributed by atoms with van der Waals surface area (Å²) >= 11 is 0. The highest BCUT2D eigenvalue weighted by Gasteiger charge is 2.25. The second-order valence-electron chi connectivity index (χ2n) is 4.02. The van der Waals surface area contributed by atoms with E-state index in [4.69, 9.17) is 10.5 Å². The molecule has 1 aliphatic rings. The standard InChI is InChI=1S/C12H15NO2.ClH/c1-8(13)12(14)15-11-6-9-4-2-3-5-10(9)7-11;/h2-5,8,11H,6-7,13H2,1H3;1H/t8-;/m0./s1. The topological polar surface area (TPSA) is 52.3 Å². The number of esters is 1. The first kappa shape index (κ1) is 13.0. The molecule has 88 valence electrons. The molecule has 0 fully saturated rings. The van der Waals surface area contributed by atoms with E-state index in [9.17, 15) is 4.79 Å². The average molecular weight is 242 g/mol. The van der Waals surface area contributed by atoms with Gasteiger partial charge in [0.15, 0.2) is 0 Å². The van der Waals surface area contributed by atoms with Gasteiger partial charge in [-0.15, -0.1) is 12.4 Å². The van der Waals surface area contributed by atoms with Gasteiger partial charge >= 0.3 is 5.97 Å². The number of hydrogen-bond acceptors (Lipinski definition) is 3. The lowest BCUT2D eigenvalue weighted by Gasteiger charge is -2.12. The van der Waals surface area contributed by atoms with Crippen LogP contribution in [0.15, 0.2) is 24.3 Å². The average Bonchev–Trinajstić information content (AvgIpc) is 2.59. The van der Waals surface area contributed by atoms with Crippen LogP contribution in [0.3, 0.4) is 0 Å². The van der Waals surface area contributed by atoms with Crippen LogP contribution < -0.4 is 5.73 Å². The number of halogens is 1. The van der Waals surface area contributed by atoms with Crippen molar-refractivity contribution in [3.8, 4) is 0 Å². The summed E-state index contributed by atoms with van der Waals surface area (Å²) in [4.78, 5) is 11.3. The zero-order valence-electron chi connectivity index (χ0n) is 9.18. The van der Waals surface area contributed by atoms with Crippen molar-refractivity contribution >= 4 is 18.4 Å². The third-order valence-corrected chi connectivity index (χ3v) is 2.67. The molecule has 0 bridgehead atoms. The van der Waals surface area contributed by atoms with E-state index in [0.29, 0.717) is 0 Å². The maximum atomic E-state index is 11.3. The predicted octanol–water partition coefficient (Wildman–Crippen LogP) is 1.47. The molecule has 0 saturated heterocycles. The molecule has 2 rings (SSSR count). The number of hydrogen-bond donors (Lipinski definition) is 1. The molecular weight excluding hydrogens is 226 g/mol. The second-order valence-corrected chi connectivity index (χ2v) is 4.02. The van der Waals surface area contributed by atoms with Crippen LogP contribution in [0.2, 0.25) is 0 Å². The summed E-state index contributed by atoms with van der Waals surface area (Å²) in [6, 6.07) is 7.64. The zero-order valence-corrected chi connectivity index (χ0v) is 10.00. The van der Waals surface area contributed by atoms with Crippen LogP contribution in [0, 0.1) is 0 Å². The monoisotopic (exact) mass is 241 g/mol. The Morgan fingerprint density at radius 2 is 1.88 bits per heavy atom. The fourth-order valence-electron chi connectivity index (χ4n) is 1.87. The molecule has 1 aliphatic carbocycles. The van der Waals surface area contributed by atoms with E-state index in [1.165, 1.54) is 11.1 Å². The van der Waals surface area contributed by atoms with Crippen LogP contribution in [-0.2, 0) is 22.4 Å². The lowest BCUT2D eigenvalue weighted by molar-refractivity contribution is -0.149. The van der Waals surface area contributed by atoms with Crippen LogP contribution in [-0.4, -0.2) is 18.1 Å². The third kappa shape index (κ3) is 2.74. The molecule has 0 aromatic heterocycles. The molecule has 0 spiro atoms. The summed E-state index contributed by atoms with van der Waals surface area (Å²) in [7, 11) is 0. The van der Waals surface area contributed by atoms with Crippen LogP contribution in [0.25, 0.3) is 0 Å². The van der Waals surface area contributed by atoms with Gasteiger partial charge < -0.3 is 10.5 Å². The number of carbonyl (C=O) groups is 1. The van der Waals surface area contributed by atoms with Crippen molar-refractivity contribution in [3.05, 3.63) is 35.4 Å². The zero-order chi connectivity index (χ0) is 10.8. The van der Waals surface area contributed by atoms with Crippen LogP contribution in [0.1, 0.15) is 18.1 Å². The number of nitrogens with two attached hydrogens (primary N) is 1. The molecule has 1 aromatic carbocycles. The molecule has 0 heterocycles. The Morgan fingerprint density at radius 1 is 1.38 bits per heavy atom. The van der Waals surface area contributed by atoms with Gasteiger partial charge in [0.2, 0.25) is 0 Å². The Kier molecular flexibility index (Phi) is 4.33. The highest BCUT2D eigenvalue weighted by atomic mass is 35.5. The van der Waals surface area contributed by atoms with Crippen molar-refractivity contribution in [2.45, 2.75) is 31.9 Å². The fraction of sp³-hybridized carbons (Fsp3) is 0.417. The first-order chi connectivity index (χ1) is 7.16. The Morgan fingerprint density at radius 3 is 2.31 bits per heavy atom. The minimum atomic E-state index is -0.534. The molecule has 0 radical (unpaired) electrons. The van der Waals surface area contributed by atoms with Crippen LogP contribution >= 0.6 is 12.4 Å². The lowest BCUT2D eigenvalue weighted by Crippen LogP contribution is -2.32. The highest BCUT2D eigenvalue weighted by molar-refractivity contribution is 5.85. The largest absolute Gasteiger partial charge is 0.461 e. The Hall–Kier alpha value is -1.06. The number of ether oxygens (including phenoxy) is 1. The Bertz CT molecular complexity index is 354. The summed E-state index contributed by atoms with van der Waals surface area (Å²) in [5.74, 6) is -0.312. The molecule has 0 amide bonds. The molecule has 4 heteroatoms. The third-order valence-electron chi connectivity index (χ3n) is 2.67. The summed E-state index contributed by atoms with van der Waals surface area (Å²) in [5, 5.41) is 0. The van der Waals surface area contributed by atoms with Gasteiger partial charge in [0.05, 0.1) is 0 Å². The first-order valence-corrected chi connectivity index (χ1v) is 5.19. The normalized spacial score (nSPS) is 16.1. The number of carbonyl (C=O) groups excluding carboxylic acids is 1. The van der Waals surface area contributed by atoms with E-state index in [0.717, 1.165) is 12.8 Å². The number of benzene rings is 1. The van der Waals surface area contributed by atoms with Crippen molar-refractivity contribution in [3.63, 3.8) is 0 Å². The van der Waals surface area contributed by atoms with Gasteiger partial charge in [-0.3, -0.25) is 4.79 Å². The van der Waals surface area contributed by atoms with Crippen LogP contribution in [0.4, 0.5) is 0 Å². The van der Waals surface area contributed by atoms with Crippen molar-refractivity contribution < 1.29 is 9.53 Å². The molecule has 16 heavy (non-hydrogen) atoms. The number of rotatable bonds is 2. The smallest absolute Gasteiger partial charge is 0.322 e. The van der Waals surface area contributed by atoms with E-state index in [2.05, 4.69) is 12.1 Å². The van der Waals surface area contributed by atoms with Crippen molar-refractivity contribution in [1.82, 2.24) is 0 Å². The maximum absolute atomic E-state index is 11.3. The quantitative estimate of drug-likeness (QED) is 0.798. The molecule has 2 N–H and O–H groups in total. The van der Waals surface area contributed by atoms with Gasteiger partial charge in [0.25, 0.3) is 0 Å². The number of fused-ring (bicyclic) bond motifs is 1. The van der Waals surface area contributed by atoms with Gasteiger partial charge in [0, 0.05) is 12.8 Å². The molecule has 3 nitrogen and oxygen atoms in total. The van der Waals surface area contributed by atoms with E-state index in [1.54, 1.807) is 6.92 Å². The summed E-state index contributed by atoms with van der Waals surface area (Å²) in [6.07, 6.45) is 1.60. The van der Waals surface area contributed by atoms with Crippen molar-refractivity contribution in [2.75, 3.05) is 0 Å². The van der Waals surface area contributed by atoms with E-state index in [1.807, 2.05) is 12.1 Å². The van der Waals surface area contributed by atoms with Gasteiger partial charge in [0.1, 0.15) is 12.1 Å². The Balaban J connectivity index is 0.00000128. The van der Waals surface area contributed by atoms with E-state index < -0.39 is 6.04 Å². The molecule has 0 saturated carbocycles. The predicted molar refractivity (Wildman–Crippen MR) is 64.6 cm³/mol. The van der Waals surface area contributed by atoms with Crippen LogP contribution in [0.5, 0.6) is 0 Å². The molecular formula is C12H16ClNO2. The van der Waals surface area contributed by atoms with Gasteiger partial charge in [-0.2, -0.15) is 0 Å². The molecule has 0 aliphatic heterocycles. The van der Waals surface area contributed by atoms with E-state index >= 15 is 0 Å². The molecule has 1 aromatic rings. The summed E-state index contributed by atoms with van der Waals surface area (Å²) < 4.78 is 5.29. The van der Waals surface area contributed by atoms with Crippen molar-refractivity contribution in [2.24, 2.45) is 5.73 Å². The van der Waals surface area contributed by atoms with Crippen molar-refractivity contribution in [1.29, 1.82) is 0 Å². The molecule has 1 atom stereocenters. The van der Waals surface area contributed by atoms with Gasteiger partial charge in [-0.25, -0.2) is 0 Å². The highest BCUT2D eigenvalue weighted by Crippen LogP contribution is 2.23. The maximum Gasteiger partial charge on any atom is 0.322 e. The fourth-order valence-corrected chi connectivity index (χ4v) is 1.87. The minimum absolute atomic E-state index is 0. The van der Waals surface area contributed by atoms with Gasteiger partial charge in [-0.1, -0.05) is 24.3 Å². The Labute approximate surface area is 101 Å². The van der Waals surface area contributed by atoms with E-state index in [-0.39, 0.29) is 24.5 Å². The lowest BCUT2D eigenvalue weighted by atomic mass is 10.1. The van der Waals surface area contributed by atoms with Gasteiger partial charge in [-0.05, 0) is 18.1 Å². The SMILES string of the molecule is C[C@H](N)C(=O)OC1Cc2ccccc2C1.Cl. The summed E-state index contributed by atoms with van der Waals surface area (Å²) in [6.45, 7) is 1.64. The minimum Gasteiger partial charge on any atom is -0.461 e. The summed E-state index contributed by atoms with van der Waals surface area (Å²) in [5.41, 5.74) is 8.00. The molecule has 0 unspecified atom stereocenters. The second kappa shape index (κ2) is 5.32.